The second-order valence-corrected chi connectivity index (χ2v) is 6.22. The van der Waals surface area contributed by atoms with Gasteiger partial charge in [-0.05, 0) is 19.1 Å². The highest BCUT2D eigenvalue weighted by Crippen LogP contribution is 2.33. The van der Waals surface area contributed by atoms with Gasteiger partial charge in [-0.25, -0.2) is 0 Å². The molecule has 0 spiro atoms. The third-order valence-electron chi connectivity index (χ3n) is 4.10. The van der Waals surface area contributed by atoms with E-state index in [1.165, 1.54) is 4.90 Å². The molecule has 1 atom stereocenters. The SMILES string of the molecule is Cc1onc(-c2ccccc2)c1-c1nnc(C[NH+](C)Cc2ccco2)o1. The Morgan fingerprint density at radius 2 is 1.85 bits per heavy atom. The van der Waals surface area contributed by atoms with Crippen molar-refractivity contribution in [2.24, 2.45) is 0 Å². The number of benzene rings is 1. The molecular weight excluding hydrogens is 332 g/mol. The maximum Gasteiger partial charge on any atom is 0.271 e. The molecular formula is C19H19N4O3+. The lowest BCUT2D eigenvalue weighted by Crippen LogP contribution is -3.06. The lowest BCUT2D eigenvalue weighted by molar-refractivity contribution is -0.910. The quantitative estimate of drug-likeness (QED) is 0.575. The van der Waals surface area contributed by atoms with Gasteiger partial charge in [-0.3, -0.25) is 0 Å². The molecule has 0 aliphatic heterocycles. The minimum atomic E-state index is 0.420. The molecule has 0 bridgehead atoms. The predicted octanol–water partition coefficient (Wildman–Crippen LogP) is 2.51. The van der Waals surface area contributed by atoms with Crippen LogP contribution in [0.25, 0.3) is 22.7 Å². The number of aromatic nitrogens is 3. The van der Waals surface area contributed by atoms with Gasteiger partial charge in [0, 0.05) is 5.56 Å². The van der Waals surface area contributed by atoms with E-state index < -0.39 is 0 Å². The lowest BCUT2D eigenvalue weighted by Gasteiger charge is -2.09. The van der Waals surface area contributed by atoms with Crippen LogP contribution in [0.3, 0.4) is 0 Å². The summed E-state index contributed by atoms with van der Waals surface area (Å²) < 4.78 is 16.6. The molecule has 26 heavy (non-hydrogen) atoms. The molecule has 1 unspecified atom stereocenters. The fourth-order valence-corrected chi connectivity index (χ4v) is 2.87. The summed E-state index contributed by atoms with van der Waals surface area (Å²) in [6.45, 7) is 3.18. The van der Waals surface area contributed by atoms with Gasteiger partial charge in [0.1, 0.15) is 23.6 Å². The molecule has 0 radical (unpaired) electrons. The molecule has 132 valence electrons. The van der Waals surface area contributed by atoms with Crippen molar-refractivity contribution in [2.75, 3.05) is 7.05 Å². The fraction of sp³-hybridized carbons (Fsp3) is 0.211. The van der Waals surface area contributed by atoms with E-state index >= 15 is 0 Å². The van der Waals surface area contributed by atoms with Gasteiger partial charge in [0.05, 0.1) is 13.3 Å². The molecule has 7 heteroatoms. The summed E-state index contributed by atoms with van der Waals surface area (Å²) >= 11 is 0. The first-order valence-electron chi connectivity index (χ1n) is 8.39. The van der Waals surface area contributed by atoms with Crippen LogP contribution in [0.15, 0.2) is 62.1 Å². The Hall–Kier alpha value is -3.19. The Bertz CT molecular complexity index is 974. The Balaban J connectivity index is 1.56. The third kappa shape index (κ3) is 3.29. The minimum Gasteiger partial charge on any atom is -0.463 e. The van der Waals surface area contributed by atoms with Crippen LogP contribution in [0.5, 0.6) is 0 Å². The number of nitrogens with one attached hydrogen (secondary N) is 1. The first kappa shape index (κ1) is 16.3. The van der Waals surface area contributed by atoms with Crippen molar-refractivity contribution < 1.29 is 18.3 Å². The minimum absolute atomic E-state index is 0.420. The molecule has 0 aliphatic carbocycles. The molecule has 0 fully saturated rings. The first-order valence-corrected chi connectivity index (χ1v) is 8.39. The number of hydrogen-bond acceptors (Lipinski definition) is 6. The van der Waals surface area contributed by atoms with Crippen LogP contribution in [0.1, 0.15) is 17.4 Å². The van der Waals surface area contributed by atoms with Crippen LogP contribution < -0.4 is 4.90 Å². The number of nitrogens with zero attached hydrogens (tertiary/aromatic N) is 3. The molecule has 0 saturated heterocycles. The summed E-state index contributed by atoms with van der Waals surface area (Å²) in [5, 5.41) is 12.5. The van der Waals surface area contributed by atoms with Gasteiger partial charge in [0.15, 0.2) is 12.3 Å². The van der Waals surface area contributed by atoms with E-state index in [2.05, 4.69) is 15.4 Å². The molecule has 0 amide bonds. The molecule has 1 aromatic carbocycles. The third-order valence-corrected chi connectivity index (χ3v) is 4.10. The van der Waals surface area contributed by atoms with Gasteiger partial charge in [0.2, 0.25) is 0 Å². The molecule has 3 aromatic heterocycles. The zero-order valence-corrected chi connectivity index (χ0v) is 14.6. The fourth-order valence-electron chi connectivity index (χ4n) is 2.87. The highest BCUT2D eigenvalue weighted by Gasteiger charge is 2.22. The highest BCUT2D eigenvalue weighted by atomic mass is 16.5. The van der Waals surface area contributed by atoms with E-state index in [1.807, 2.05) is 56.4 Å². The molecule has 0 aliphatic rings. The molecule has 0 saturated carbocycles. The van der Waals surface area contributed by atoms with Crippen molar-refractivity contribution in [3.63, 3.8) is 0 Å². The maximum atomic E-state index is 5.89. The van der Waals surface area contributed by atoms with Gasteiger partial charge in [-0.15, -0.1) is 10.2 Å². The van der Waals surface area contributed by atoms with Gasteiger partial charge in [-0.1, -0.05) is 35.5 Å². The summed E-state index contributed by atoms with van der Waals surface area (Å²) in [4.78, 5) is 1.18. The topological polar surface area (TPSA) is 82.5 Å². The Labute approximate surface area is 150 Å². The number of aryl methyl sites for hydroxylation is 1. The summed E-state index contributed by atoms with van der Waals surface area (Å²) in [5.41, 5.74) is 2.38. The van der Waals surface area contributed by atoms with Crippen molar-refractivity contribution in [2.45, 2.75) is 20.0 Å². The van der Waals surface area contributed by atoms with Crippen molar-refractivity contribution >= 4 is 0 Å². The van der Waals surface area contributed by atoms with Crippen molar-refractivity contribution in [1.29, 1.82) is 0 Å². The van der Waals surface area contributed by atoms with Crippen LogP contribution in [-0.2, 0) is 13.1 Å². The van der Waals surface area contributed by atoms with Crippen LogP contribution in [0.2, 0.25) is 0 Å². The summed E-state index contributed by atoms with van der Waals surface area (Å²) in [7, 11) is 2.05. The Kier molecular flexibility index (Phi) is 4.37. The molecule has 7 nitrogen and oxygen atoms in total. The summed E-state index contributed by atoms with van der Waals surface area (Å²) in [5.74, 6) is 2.55. The highest BCUT2D eigenvalue weighted by molar-refractivity contribution is 5.77. The molecule has 4 aromatic rings. The van der Waals surface area contributed by atoms with Gasteiger partial charge in [-0.2, -0.15) is 0 Å². The van der Waals surface area contributed by atoms with Crippen molar-refractivity contribution in [1.82, 2.24) is 15.4 Å². The second kappa shape index (κ2) is 6.97. The normalized spacial score (nSPS) is 12.4. The van der Waals surface area contributed by atoms with Crippen LogP contribution in [0, 0.1) is 6.92 Å². The van der Waals surface area contributed by atoms with E-state index in [0.717, 1.165) is 23.4 Å². The number of furan rings is 1. The van der Waals surface area contributed by atoms with E-state index in [4.69, 9.17) is 13.4 Å². The maximum absolute atomic E-state index is 5.89. The van der Waals surface area contributed by atoms with Gasteiger partial charge >= 0.3 is 0 Å². The number of hydrogen-bond donors (Lipinski definition) is 1. The molecule has 4 rings (SSSR count). The van der Waals surface area contributed by atoms with E-state index in [9.17, 15) is 0 Å². The van der Waals surface area contributed by atoms with Gasteiger partial charge in [0.25, 0.3) is 11.8 Å². The first-order chi connectivity index (χ1) is 12.7. The predicted molar refractivity (Wildman–Crippen MR) is 93.0 cm³/mol. The second-order valence-electron chi connectivity index (χ2n) is 6.22. The molecule has 3 heterocycles. The average Bonchev–Trinajstić information content (AvgIpc) is 3.37. The lowest BCUT2D eigenvalue weighted by atomic mass is 10.1. The standard InChI is InChI=1S/C19H18N4O3/c1-13-17(18(22-26-13)14-7-4-3-5-8-14)19-21-20-16(25-19)12-23(2)11-15-9-6-10-24-15/h3-10H,11-12H2,1-2H3/p+1. The van der Waals surface area contributed by atoms with Crippen LogP contribution in [0.4, 0.5) is 0 Å². The van der Waals surface area contributed by atoms with E-state index in [0.29, 0.717) is 29.8 Å². The summed E-state index contributed by atoms with van der Waals surface area (Å²) in [6, 6.07) is 13.6. The smallest absolute Gasteiger partial charge is 0.271 e. The van der Waals surface area contributed by atoms with E-state index in [1.54, 1.807) is 6.26 Å². The van der Waals surface area contributed by atoms with Crippen molar-refractivity contribution in [3.05, 3.63) is 66.1 Å². The van der Waals surface area contributed by atoms with Crippen LogP contribution in [-0.4, -0.2) is 22.4 Å². The number of rotatable bonds is 6. The van der Waals surface area contributed by atoms with E-state index in [-0.39, 0.29) is 0 Å². The zero-order chi connectivity index (χ0) is 17.9. The Morgan fingerprint density at radius 3 is 2.62 bits per heavy atom. The number of quaternary nitrogens is 1. The van der Waals surface area contributed by atoms with Crippen molar-refractivity contribution in [3.8, 4) is 22.7 Å². The summed E-state index contributed by atoms with van der Waals surface area (Å²) in [6.07, 6.45) is 1.67. The zero-order valence-electron chi connectivity index (χ0n) is 14.6. The Morgan fingerprint density at radius 1 is 1.00 bits per heavy atom. The van der Waals surface area contributed by atoms with Crippen LogP contribution >= 0.6 is 0 Å². The van der Waals surface area contributed by atoms with Gasteiger partial charge < -0.3 is 18.3 Å². The molecule has 1 N–H and O–H groups in total. The monoisotopic (exact) mass is 351 g/mol. The largest absolute Gasteiger partial charge is 0.463 e. The average molecular weight is 351 g/mol.